The molecule has 26 heavy (non-hydrogen) atoms. The summed E-state index contributed by atoms with van der Waals surface area (Å²) in [4.78, 5) is 12.1. The van der Waals surface area contributed by atoms with E-state index in [2.05, 4.69) is 12.2 Å². The second kappa shape index (κ2) is 10.1. The first-order chi connectivity index (χ1) is 12.7. The van der Waals surface area contributed by atoms with Crippen molar-refractivity contribution in [1.82, 2.24) is 5.32 Å². The highest BCUT2D eigenvalue weighted by Gasteiger charge is 2.06. The summed E-state index contributed by atoms with van der Waals surface area (Å²) in [5.41, 5.74) is 1.79. The largest absolute Gasteiger partial charge is 0.496 e. The third kappa shape index (κ3) is 5.55. The lowest BCUT2D eigenvalue weighted by Gasteiger charge is -2.12. The molecule has 0 radical (unpaired) electrons. The first kappa shape index (κ1) is 19.4. The van der Waals surface area contributed by atoms with Gasteiger partial charge in [-0.1, -0.05) is 31.2 Å². The molecule has 0 aromatic heterocycles. The summed E-state index contributed by atoms with van der Waals surface area (Å²) < 4.78 is 16.2. The SMILES string of the molecule is CCCOc1ccc(CNC(=O)/C=C/c2ccccc2OC)cc1OC. The van der Waals surface area contributed by atoms with Gasteiger partial charge < -0.3 is 19.5 Å². The molecule has 5 heteroatoms. The maximum atomic E-state index is 12.1. The van der Waals surface area contributed by atoms with Gasteiger partial charge in [0, 0.05) is 18.2 Å². The third-order valence-electron chi connectivity index (χ3n) is 3.71. The molecule has 0 saturated heterocycles. The van der Waals surface area contributed by atoms with Gasteiger partial charge in [-0.25, -0.2) is 0 Å². The van der Waals surface area contributed by atoms with Crippen molar-refractivity contribution in [3.63, 3.8) is 0 Å². The van der Waals surface area contributed by atoms with Gasteiger partial charge in [0.05, 0.1) is 20.8 Å². The van der Waals surface area contributed by atoms with Crippen LogP contribution in [0.2, 0.25) is 0 Å². The molecule has 138 valence electrons. The van der Waals surface area contributed by atoms with E-state index in [0.29, 0.717) is 24.7 Å². The molecule has 2 rings (SSSR count). The zero-order valence-corrected chi connectivity index (χ0v) is 15.5. The summed E-state index contributed by atoms with van der Waals surface area (Å²) in [7, 11) is 3.21. The number of methoxy groups -OCH3 is 2. The smallest absolute Gasteiger partial charge is 0.244 e. The van der Waals surface area contributed by atoms with E-state index in [1.807, 2.05) is 42.5 Å². The lowest BCUT2D eigenvalue weighted by Crippen LogP contribution is -2.20. The van der Waals surface area contributed by atoms with Crippen LogP contribution in [0.5, 0.6) is 17.2 Å². The number of nitrogens with one attached hydrogen (secondary N) is 1. The Labute approximate surface area is 154 Å². The van der Waals surface area contributed by atoms with Crippen molar-refractivity contribution >= 4 is 12.0 Å². The number of amides is 1. The van der Waals surface area contributed by atoms with E-state index in [4.69, 9.17) is 14.2 Å². The van der Waals surface area contributed by atoms with E-state index < -0.39 is 0 Å². The average molecular weight is 355 g/mol. The average Bonchev–Trinajstić information content (AvgIpc) is 2.69. The predicted molar refractivity (Wildman–Crippen MR) is 103 cm³/mol. The molecule has 5 nitrogen and oxygen atoms in total. The summed E-state index contributed by atoms with van der Waals surface area (Å²) >= 11 is 0. The molecule has 0 heterocycles. The molecule has 0 atom stereocenters. The van der Waals surface area contributed by atoms with Gasteiger partial charge in [0.1, 0.15) is 5.75 Å². The zero-order valence-electron chi connectivity index (χ0n) is 15.5. The molecule has 0 aliphatic rings. The molecule has 0 saturated carbocycles. The second-order valence-electron chi connectivity index (χ2n) is 5.63. The maximum Gasteiger partial charge on any atom is 0.244 e. The van der Waals surface area contributed by atoms with Gasteiger partial charge in [-0.05, 0) is 36.3 Å². The highest BCUT2D eigenvalue weighted by molar-refractivity contribution is 5.92. The van der Waals surface area contributed by atoms with Gasteiger partial charge in [0.2, 0.25) is 5.91 Å². The zero-order chi connectivity index (χ0) is 18.8. The molecule has 0 unspecified atom stereocenters. The summed E-state index contributed by atoms with van der Waals surface area (Å²) in [6.45, 7) is 3.09. The number of para-hydroxylation sites is 1. The Bertz CT molecular complexity index is 755. The summed E-state index contributed by atoms with van der Waals surface area (Å²) in [5, 5.41) is 2.86. The quantitative estimate of drug-likeness (QED) is 0.695. The number of carbonyl (C=O) groups is 1. The normalized spacial score (nSPS) is 10.6. The van der Waals surface area contributed by atoms with E-state index in [1.165, 1.54) is 6.08 Å². The molecule has 0 fully saturated rings. The minimum absolute atomic E-state index is 0.179. The molecule has 1 amide bonds. The number of ether oxygens (including phenoxy) is 3. The summed E-state index contributed by atoms with van der Waals surface area (Å²) in [5.74, 6) is 1.92. The topological polar surface area (TPSA) is 56.8 Å². The third-order valence-corrected chi connectivity index (χ3v) is 3.71. The molecule has 0 bridgehead atoms. The fourth-order valence-corrected chi connectivity index (χ4v) is 2.37. The van der Waals surface area contributed by atoms with E-state index >= 15 is 0 Å². The molecule has 2 aromatic rings. The van der Waals surface area contributed by atoms with Crippen LogP contribution in [-0.4, -0.2) is 26.7 Å². The van der Waals surface area contributed by atoms with Crippen molar-refractivity contribution in [2.75, 3.05) is 20.8 Å². The van der Waals surface area contributed by atoms with Gasteiger partial charge in [-0.2, -0.15) is 0 Å². The maximum absolute atomic E-state index is 12.1. The Balaban J connectivity index is 1.95. The van der Waals surface area contributed by atoms with Crippen molar-refractivity contribution in [3.8, 4) is 17.2 Å². The number of carbonyl (C=O) groups excluding carboxylic acids is 1. The van der Waals surface area contributed by atoms with Crippen molar-refractivity contribution in [3.05, 3.63) is 59.7 Å². The van der Waals surface area contributed by atoms with E-state index in [9.17, 15) is 4.79 Å². The van der Waals surface area contributed by atoms with Crippen LogP contribution in [0.4, 0.5) is 0 Å². The van der Waals surface area contributed by atoms with Crippen LogP contribution in [0, 0.1) is 0 Å². The standard InChI is InChI=1S/C21H25NO4/c1-4-13-26-19-11-9-16(14-20(19)25-3)15-22-21(23)12-10-17-7-5-6-8-18(17)24-2/h5-12,14H,4,13,15H2,1-3H3,(H,22,23)/b12-10+. The summed E-state index contributed by atoms with van der Waals surface area (Å²) in [6, 6.07) is 13.2. The van der Waals surface area contributed by atoms with Gasteiger partial charge in [-0.15, -0.1) is 0 Å². The second-order valence-corrected chi connectivity index (χ2v) is 5.63. The predicted octanol–water partition coefficient (Wildman–Crippen LogP) is 3.82. The minimum atomic E-state index is -0.179. The molecular weight excluding hydrogens is 330 g/mol. The number of rotatable bonds is 9. The van der Waals surface area contributed by atoms with Crippen LogP contribution in [0.15, 0.2) is 48.5 Å². The molecule has 0 aliphatic carbocycles. The van der Waals surface area contributed by atoms with E-state index in [1.54, 1.807) is 20.3 Å². The fourth-order valence-electron chi connectivity index (χ4n) is 2.37. The first-order valence-corrected chi connectivity index (χ1v) is 8.56. The van der Waals surface area contributed by atoms with Gasteiger partial charge in [0.25, 0.3) is 0 Å². The van der Waals surface area contributed by atoms with E-state index in [0.717, 1.165) is 23.3 Å². The Morgan fingerprint density at radius 1 is 1.04 bits per heavy atom. The van der Waals surface area contributed by atoms with Crippen molar-refractivity contribution in [2.24, 2.45) is 0 Å². The molecule has 2 aromatic carbocycles. The number of hydrogen-bond donors (Lipinski definition) is 1. The van der Waals surface area contributed by atoms with E-state index in [-0.39, 0.29) is 5.91 Å². The highest BCUT2D eigenvalue weighted by Crippen LogP contribution is 2.28. The lowest BCUT2D eigenvalue weighted by atomic mass is 10.2. The highest BCUT2D eigenvalue weighted by atomic mass is 16.5. The Hall–Kier alpha value is -2.95. The van der Waals surface area contributed by atoms with Crippen molar-refractivity contribution in [1.29, 1.82) is 0 Å². The summed E-state index contributed by atoms with van der Waals surface area (Å²) in [6.07, 6.45) is 4.16. The van der Waals surface area contributed by atoms with Crippen LogP contribution in [0.1, 0.15) is 24.5 Å². The van der Waals surface area contributed by atoms with Gasteiger partial charge in [0.15, 0.2) is 11.5 Å². The molecule has 0 aliphatic heterocycles. The van der Waals surface area contributed by atoms with Crippen molar-refractivity contribution in [2.45, 2.75) is 19.9 Å². The Morgan fingerprint density at radius 2 is 1.81 bits per heavy atom. The Morgan fingerprint density at radius 3 is 2.54 bits per heavy atom. The van der Waals surface area contributed by atoms with Crippen LogP contribution >= 0.6 is 0 Å². The van der Waals surface area contributed by atoms with Crippen molar-refractivity contribution < 1.29 is 19.0 Å². The molecule has 1 N–H and O–H groups in total. The Kier molecular flexibility index (Phi) is 7.55. The van der Waals surface area contributed by atoms with Gasteiger partial charge in [-0.3, -0.25) is 4.79 Å². The fraction of sp³-hybridized carbons (Fsp3) is 0.286. The monoisotopic (exact) mass is 355 g/mol. The lowest BCUT2D eigenvalue weighted by molar-refractivity contribution is -0.116. The van der Waals surface area contributed by atoms with Gasteiger partial charge >= 0.3 is 0 Å². The minimum Gasteiger partial charge on any atom is -0.496 e. The number of hydrogen-bond acceptors (Lipinski definition) is 4. The van der Waals surface area contributed by atoms with Crippen LogP contribution < -0.4 is 19.5 Å². The van der Waals surface area contributed by atoms with Crippen LogP contribution in [-0.2, 0) is 11.3 Å². The molecule has 0 spiro atoms. The van der Waals surface area contributed by atoms with Crippen LogP contribution in [0.3, 0.4) is 0 Å². The first-order valence-electron chi connectivity index (χ1n) is 8.56. The number of benzene rings is 2. The molecular formula is C21H25NO4. The van der Waals surface area contributed by atoms with Crippen LogP contribution in [0.25, 0.3) is 6.08 Å².